The smallest absolute Gasteiger partial charge is 0.324 e. The van der Waals surface area contributed by atoms with E-state index in [0.717, 1.165) is 0 Å². The van der Waals surface area contributed by atoms with E-state index in [4.69, 9.17) is 5.73 Å². The van der Waals surface area contributed by atoms with Crippen LogP contribution in [0.1, 0.15) is 42.5 Å². The largest absolute Gasteiger partial charge is 0.416 e. The first-order chi connectivity index (χ1) is 8.98. The number of hydrogen-bond acceptors (Lipinski definition) is 1. The molecule has 1 aromatic carbocycles. The quantitative estimate of drug-likeness (QED) is 0.807. The fourth-order valence-corrected chi connectivity index (χ4v) is 1.85. The lowest BCUT2D eigenvalue weighted by Gasteiger charge is -2.20. The molecule has 0 saturated carbocycles. The highest BCUT2D eigenvalue weighted by Gasteiger charge is 2.40. The fraction of sp³-hybridized carbons (Fsp3) is 0.500. The molecule has 1 atom stereocenters. The van der Waals surface area contributed by atoms with Crippen molar-refractivity contribution in [3.8, 4) is 0 Å². The average Bonchev–Trinajstić information content (AvgIpc) is 2.25. The van der Waals surface area contributed by atoms with Gasteiger partial charge in [-0.3, -0.25) is 0 Å². The molecule has 114 valence electrons. The molecule has 0 aromatic heterocycles. The molecule has 0 aliphatic carbocycles. The predicted molar refractivity (Wildman–Crippen MR) is 58.2 cm³/mol. The number of nitrogens with two attached hydrogens (primary N) is 1. The van der Waals surface area contributed by atoms with Crippen molar-refractivity contribution in [3.05, 3.63) is 34.6 Å². The van der Waals surface area contributed by atoms with Gasteiger partial charge in [-0.2, -0.15) is 26.3 Å². The van der Waals surface area contributed by atoms with Crippen LogP contribution in [0.4, 0.5) is 30.7 Å². The molecule has 0 saturated heterocycles. The third kappa shape index (κ3) is 3.62. The summed E-state index contributed by atoms with van der Waals surface area (Å²) in [4.78, 5) is 0. The Hall–Kier alpha value is -1.31. The summed E-state index contributed by atoms with van der Waals surface area (Å²) >= 11 is 0. The van der Waals surface area contributed by atoms with Gasteiger partial charge in [0, 0.05) is 11.6 Å². The lowest BCUT2D eigenvalue weighted by Crippen LogP contribution is -2.21. The third-order valence-corrected chi connectivity index (χ3v) is 2.73. The molecule has 0 aliphatic rings. The molecular formula is C12H12F7N. The van der Waals surface area contributed by atoms with Crippen LogP contribution < -0.4 is 5.73 Å². The van der Waals surface area contributed by atoms with E-state index >= 15 is 0 Å². The predicted octanol–water partition coefficient (Wildman–Crippen LogP) is 4.66. The SMILES string of the molecule is CCC[C@H](N)c1c(F)cc(C(F)(F)F)cc1C(F)(F)F. The number of rotatable bonds is 3. The first-order valence-corrected chi connectivity index (χ1v) is 5.71. The maximum Gasteiger partial charge on any atom is 0.416 e. The minimum atomic E-state index is -5.11. The van der Waals surface area contributed by atoms with E-state index in [1.54, 1.807) is 6.92 Å². The van der Waals surface area contributed by atoms with E-state index in [1.807, 2.05) is 0 Å². The van der Waals surface area contributed by atoms with E-state index < -0.39 is 40.9 Å². The Labute approximate surface area is 110 Å². The van der Waals surface area contributed by atoms with E-state index in [-0.39, 0.29) is 18.6 Å². The summed E-state index contributed by atoms with van der Waals surface area (Å²) in [5, 5.41) is 0. The standard InChI is InChI=1S/C12H12F7N/c1-2-3-9(20)10-7(12(17,18)19)4-6(5-8(10)13)11(14,15)16/h4-5,9H,2-3,20H2,1H3/t9-/m0/s1. The summed E-state index contributed by atoms with van der Waals surface area (Å²) in [6, 6.07) is -1.37. The molecule has 8 heteroatoms. The van der Waals surface area contributed by atoms with E-state index in [0.29, 0.717) is 6.42 Å². The Morgan fingerprint density at radius 1 is 1.05 bits per heavy atom. The summed E-state index contributed by atoms with van der Waals surface area (Å²) < 4.78 is 89.4. The Kier molecular flexibility index (Phi) is 4.68. The molecule has 1 nitrogen and oxygen atoms in total. The Balaban J connectivity index is 3.52. The molecule has 0 radical (unpaired) electrons. The van der Waals surface area contributed by atoms with Crippen LogP contribution in [-0.2, 0) is 12.4 Å². The zero-order valence-corrected chi connectivity index (χ0v) is 10.4. The van der Waals surface area contributed by atoms with Gasteiger partial charge in [-0.15, -0.1) is 0 Å². The van der Waals surface area contributed by atoms with E-state index in [9.17, 15) is 30.7 Å². The number of alkyl halides is 6. The maximum atomic E-state index is 13.7. The van der Waals surface area contributed by atoms with Crippen molar-refractivity contribution in [3.63, 3.8) is 0 Å². The van der Waals surface area contributed by atoms with Crippen LogP contribution in [0.2, 0.25) is 0 Å². The number of halogens is 7. The van der Waals surface area contributed by atoms with Gasteiger partial charge in [0.2, 0.25) is 0 Å². The number of hydrogen-bond donors (Lipinski definition) is 1. The highest BCUT2D eigenvalue weighted by atomic mass is 19.4. The zero-order chi connectivity index (χ0) is 15.7. The topological polar surface area (TPSA) is 26.0 Å². The molecule has 20 heavy (non-hydrogen) atoms. The van der Waals surface area contributed by atoms with Crippen LogP contribution in [0, 0.1) is 5.82 Å². The summed E-state index contributed by atoms with van der Waals surface area (Å²) in [6.07, 6.45) is -9.76. The van der Waals surface area contributed by atoms with Crippen molar-refractivity contribution in [2.75, 3.05) is 0 Å². The van der Waals surface area contributed by atoms with Crippen molar-refractivity contribution in [2.24, 2.45) is 5.73 Å². The van der Waals surface area contributed by atoms with Gasteiger partial charge in [0.25, 0.3) is 0 Å². The Morgan fingerprint density at radius 2 is 1.60 bits per heavy atom. The van der Waals surface area contributed by atoms with Crippen LogP contribution in [0.5, 0.6) is 0 Å². The number of benzene rings is 1. The molecule has 0 aliphatic heterocycles. The monoisotopic (exact) mass is 303 g/mol. The van der Waals surface area contributed by atoms with Crippen molar-refractivity contribution in [1.29, 1.82) is 0 Å². The lowest BCUT2D eigenvalue weighted by molar-refractivity contribution is -0.144. The van der Waals surface area contributed by atoms with Crippen LogP contribution in [0.25, 0.3) is 0 Å². The molecule has 0 spiro atoms. The van der Waals surface area contributed by atoms with Crippen molar-refractivity contribution >= 4 is 0 Å². The summed E-state index contributed by atoms with van der Waals surface area (Å²) in [7, 11) is 0. The highest BCUT2D eigenvalue weighted by Crippen LogP contribution is 2.40. The molecule has 1 rings (SSSR count). The summed E-state index contributed by atoms with van der Waals surface area (Å²) in [5.74, 6) is -1.59. The van der Waals surface area contributed by atoms with Crippen LogP contribution in [0.3, 0.4) is 0 Å². The first kappa shape index (κ1) is 16.7. The van der Waals surface area contributed by atoms with Crippen LogP contribution >= 0.6 is 0 Å². The lowest BCUT2D eigenvalue weighted by atomic mass is 9.94. The molecule has 0 heterocycles. The van der Waals surface area contributed by atoms with Gasteiger partial charge in [0.1, 0.15) is 5.82 Å². The van der Waals surface area contributed by atoms with Crippen molar-refractivity contribution in [1.82, 2.24) is 0 Å². The Morgan fingerprint density at radius 3 is 2.00 bits per heavy atom. The second kappa shape index (κ2) is 5.59. The van der Waals surface area contributed by atoms with Gasteiger partial charge in [-0.05, 0) is 18.6 Å². The molecule has 1 aromatic rings. The van der Waals surface area contributed by atoms with Gasteiger partial charge in [0.15, 0.2) is 0 Å². The second-order valence-corrected chi connectivity index (χ2v) is 4.31. The summed E-state index contributed by atoms with van der Waals surface area (Å²) in [6.45, 7) is 1.62. The molecular weight excluding hydrogens is 291 g/mol. The van der Waals surface area contributed by atoms with Crippen molar-refractivity contribution < 1.29 is 30.7 Å². The Bertz CT molecular complexity index is 476. The maximum absolute atomic E-state index is 13.7. The molecule has 2 N–H and O–H groups in total. The molecule has 0 fully saturated rings. The highest BCUT2D eigenvalue weighted by molar-refractivity contribution is 5.38. The zero-order valence-electron chi connectivity index (χ0n) is 10.4. The normalized spacial score (nSPS) is 14.4. The molecule has 0 bridgehead atoms. The van der Waals surface area contributed by atoms with Crippen molar-refractivity contribution in [2.45, 2.75) is 38.2 Å². The van der Waals surface area contributed by atoms with E-state index in [1.165, 1.54) is 0 Å². The summed E-state index contributed by atoms with van der Waals surface area (Å²) in [5.41, 5.74) is 1.16. The van der Waals surface area contributed by atoms with Gasteiger partial charge >= 0.3 is 12.4 Å². The van der Waals surface area contributed by atoms with Gasteiger partial charge < -0.3 is 5.73 Å². The van der Waals surface area contributed by atoms with Gasteiger partial charge in [-0.25, -0.2) is 4.39 Å². The first-order valence-electron chi connectivity index (χ1n) is 5.71. The van der Waals surface area contributed by atoms with Gasteiger partial charge in [-0.1, -0.05) is 13.3 Å². The van der Waals surface area contributed by atoms with Crippen LogP contribution in [0.15, 0.2) is 12.1 Å². The van der Waals surface area contributed by atoms with Crippen LogP contribution in [-0.4, -0.2) is 0 Å². The van der Waals surface area contributed by atoms with E-state index in [2.05, 4.69) is 0 Å². The second-order valence-electron chi connectivity index (χ2n) is 4.31. The minimum absolute atomic E-state index is 0.0331. The van der Waals surface area contributed by atoms with Gasteiger partial charge in [0.05, 0.1) is 11.1 Å². The third-order valence-electron chi connectivity index (χ3n) is 2.73. The fourth-order valence-electron chi connectivity index (χ4n) is 1.85. The minimum Gasteiger partial charge on any atom is -0.324 e. The average molecular weight is 303 g/mol. The molecule has 0 unspecified atom stereocenters. The molecule has 0 amide bonds.